The number of nitrogens with one attached hydrogen (secondary N) is 2. The predicted molar refractivity (Wildman–Crippen MR) is 131 cm³/mol. The molecule has 2 unspecified atom stereocenters. The maximum Gasteiger partial charge on any atom is 0.238 e. The summed E-state index contributed by atoms with van der Waals surface area (Å²) in [7, 11) is 0. The third-order valence-corrected chi connectivity index (χ3v) is 7.21. The summed E-state index contributed by atoms with van der Waals surface area (Å²) in [5.74, 6) is 0.473. The summed E-state index contributed by atoms with van der Waals surface area (Å²) in [6.07, 6.45) is 7.97. The van der Waals surface area contributed by atoms with Crippen molar-refractivity contribution in [3.05, 3.63) is 24.3 Å². The highest BCUT2D eigenvalue weighted by molar-refractivity contribution is 5.92. The van der Waals surface area contributed by atoms with Crippen molar-refractivity contribution in [1.82, 2.24) is 10.2 Å². The molecule has 2 aliphatic heterocycles. The van der Waals surface area contributed by atoms with Gasteiger partial charge < -0.3 is 20.3 Å². The van der Waals surface area contributed by atoms with Gasteiger partial charge in [0.2, 0.25) is 11.8 Å². The zero-order valence-corrected chi connectivity index (χ0v) is 20.2. The molecule has 2 saturated heterocycles. The lowest BCUT2D eigenvalue weighted by atomic mass is 9.88. The predicted octanol–water partition coefficient (Wildman–Crippen LogP) is 3.40. The van der Waals surface area contributed by atoms with E-state index in [1.807, 2.05) is 12.1 Å². The van der Waals surface area contributed by atoms with E-state index in [1.165, 1.54) is 19.3 Å². The lowest BCUT2D eigenvalue weighted by Gasteiger charge is -2.36. The Bertz CT molecular complexity index is 775. The molecule has 33 heavy (non-hydrogen) atoms. The number of carbonyl (C=O) groups is 2. The van der Waals surface area contributed by atoms with Crippen molar-refractivity contribution >= 4 is 23.2 Å². The highest BCUT2D eigenvalue weighted by Crippen LogP contribution is 2.25. The van der Waals surface area contributed by atoms with E-state index in [0.717, 1.165) is 63.2 Å². The van der Waals surface area contributed by atoms with Gasteiger partial charge in [-0.3, -0.25) is 14.5 Å². The summed E-state index contributed by atoms with van der Waals surface area (Å²) in [5.41, 5.74) is 1.99. The van der Waals surface area contributed by atoms with Gasteiger partial charge in [0.1, 0.15) is 0 Å². The number of piperidine rings is 1. The van der Waals surface area contributed by atoms with Gasteiger partial charge >= 0.3 is 0 Å². The molecule has 0 spiro atoms. The van der Waals surface area contributed by atoms with E-state index in [1.54, 1.807) is 0 Å². The first-order valence-corrected chi connectivity index (χ1v) is 12.8. The zero-order chi connectivity index (χ0) is 23.2. The van der Waals surface area contributed by atoms with Crippen LogP contribution in [0.3, 0.4) is 0 Å². The Morgan fingerprint density at radius 3 is 2.21 bits per heavy atom. The SMILES string of the molecule is CC1CN(c2ccc(NC(=O)CN3CCC(NC(=O)C4CCCCC4)CC3)cc2)CC(C)O1. The Kier molecular flexibility index (Phi) is 8.25. The Hall–Kier alpha value is -2.12. The standard InChI is InChI=1S/C26H40N4O3/c1-19-16-30(17-20(2)33-19)24-10-8-22(9-11-24)27-25(31)18-29-14-12-23(13-15-29)28-26(32)21-6-4-3-5-7-21/h8-11,19-21,23H,3-7,12-18H2,1-2H3,(H,27,31)(H,28,32). The number of likely N-dealkylation sites (tertiary alicyclic amines) is 1. The summed E-state index contributed by atoms with van der Waals surface area (Å²) < 4.78 is 5.82. The smallest absolute Gasteiger partial charge is 0.238 e. The molecule has 2 heterocycles. The van der Waals surface area contributed by atoms with E-state index in [-0.39, 0.29) is 36.0 Å². The van der Waals surface area contributed by atoms with Gasteiger partial charge in [0, 0.05) is 49.5 Å². The largest absolute Gasteiger partial charge is 0.372 e. The molecule has 182 valence electrons. The molecule has 0 radical (unpaired) electrons. The molecular formula is C26H40N4O3. The first-order valence-electron chi connectivity index (χ1n) is 12.8. The molecule has 2 N–H and O–H groups in total. The summed E-state index contributed by atoms with van der Waals surface area (Å²) >= 11 is 0. The van der Waals surface area contributed by atoms with E-state index in [0.29, 0.717) is 6.54 Å². The number of anilines is 2. The van der Waals surface area contributed by atoms with Crippen LogP contribution in [0.5, 0.6) is 0 Å². The monoisotopic (exact) mass is 456 g/mol. The normalized spacial score (nSPS) is 25.6. The van der Waals surface area contributed by atoms with E-state index in [2.05, 4.69) is 46.4 Å². The molecule has 1 aromatic rings. The molecule has 2 atom stereocenters. The van der Waals surface area contributed by atoms with Gasteiger partial charge in [-0.25, -0.2) is 0 Å². The van der Waals surface area contributed by atoms with Crippen LogP contribution in [0, 0.1) is 5.92 Å². The number of hydrogen-bond donors (Lipinski definition) is 2. The molecule has 4 rings (SSSR count). The minimum absolute atomic E-state index is 0.0149. The number of morpholine rings is 1. The Morgan fingerprint density at radius 2 is 1.58 bits per heavy atom. The number of amides is 2. The molecule has 3 fully saturated rings. The second kappa shape index (κ2) is 11.3. The second-order valence-corrected chi connectivity index (χ2v) is 10.2. The molecule has 1 saturated carbocycles. The molecule has 2 amide bonds. The number of rotatable bonds is 6. The summed E-state index contributed by atoms with van der Waals surface area (Å²) in [4.78, 5) is 29.6. The van der Waals surface area contributed by atoms with E-state index in [4.69, 9.17) is 4.74 Å². The molecule has 1 aromatic carbocycles. The van der Waals surface area contributed by atoms with Gasteiger partial charge in [0.25, 0.3) is 0 Å². The van der Waals surface area contributed by atoms with E-state index in [9.17, 15) is 9.59 Å². The molecule has 3 aliphatic rings. The minimum Gasteiger partial charge on any atom is -0.372 e. The minimum atomic E-state index is 0.0149. The van der Waals surface area contributed by atoms with Crippen LogP contribution in [0.15, 0.2) is 24.3 Å². The average Bonchev–Trinajstić information content (AvgIpc) is 2.81. The van der Waals surface area contributed by atoms with Crippen LogP contribution in [0.4, 0.5) is 11.4 Å². The van der Waals surface area contributed by atoms with Crippen LogP contribution in [0.1, 0.15) is 58.8 Å². The van der Waals surface area contributed by atoms with Crippen LogP contribution >= 0.6 is 0 Å². The third-order valence-electron chi connectivity index (χ3n) is 7.21. The van der Waals surface area contributed by atoms with Gasteiger partial charge in [0.05, 0.1) is 18.8 Å². The van der Waals surface area contributed by atoms with Crippen molar-refractivity contribution in [3.63, 3.8) is 0 Å². The van der Waals surface area contributed by atoms with Crippen molar-refractivity contribution in [1.29, 1.82) is 0 Å². The van der Waals surface area contributed by atoms with Gasteiger partial charge in [-0.2, -0.15) is 0 Å². The van der Waals surface area contributed by atoms with Crippen LogP contribution in [0.25, 0.3) is 0 Å². The second-order valence-electron chi connectivity index (χ2n) is 10.2. The first kappa shape index (κ1) is 24.0. The molecular weight excluding hydrogens is 416 g/mol. The maximum atomic E-state index is 12.6. The fraction of sp³-hybridized carbons (Fsp3) is 0.692. The van der Waals surface area contributed by atoms with Crippen molar-refractivity contribution in [2.75, 3.05) is 42.9 Å². The molecule has 1 aliphatic carbocycles. The van der Waals surface area contributed by atoms with Crippen LogP contribution in [0.2, 0.25) is 0 Å². The topological polar surface area (TPSA) is 73.9 Å². The van der Waals surface area contributed by atoms with Crippen molar-refractivity contribution in [3.8, 4) is 0 Å². The fourth-order valence-electron chi connectivity index (χ4n) is 5.47. The first-order chi connectivity index (χ1) is 16.0. The Morgan fingerprint density at radius 1 is 0.939 bits per heavy atom. The highest BCUT2D eigenvalue weighted by Gasteiger charge is 2.26. The average molecular weight is 457 g/mol. The van der Waals surface area contributed by atoms with Crippen molar-refractivity contribution < 1.29 is 14.3 Å². The number of benzene rings is 1. The maximum absolute atomic E-state index is 12.6. The van der Waals surface area contributed by atoms with Gasteiger partial charge in [-0.05, 0) is 63.8 Å². The fourth-order valence-corrected chi connectivity index (χ4v) is 5.47. The number of nitrogens with zero attached hydrogens (tertiary/aromatic N) is 2. The van der Waals surface area contributed by atoms with E-state index < -0.39 is 0 Å². The molecule has 0 aromatic heterocycles. The van der Waals surface area contributed by atoms with Gasteiger partial charge in [-0.1, -0.05) is 19.3 Å². The number of carbonyl (C=O) groups excluding carboxylic acids is 2. The number of ether oxygens (including phenoxy) is 1. The lowest BCUT2D eigenvalue weighted by Crippen LogP contribution is -2.48. The van der Waals surface area contributed by atoms with E-state index >= 15 is 0 Å². The zero-order valence-electron chi connectivity index (χ0n) is 20.2. The molecule has 7 heteroatoms. The third kappa shape index (κ3) is 6.93. The van der Waals surface area contributed by atoms with Crippen LogP contribution < -0.4 is 15.5 Å². The van der Waals surface area contributed by atoms with Crippen molar-refractivity contribution in [2.45, 2.75) is 77.0 Å². The number of hydrogen-bond acceptors (Lipinski definition) is 5. The molecule has 7 nitrogen and oxygen atoms in total. The molecule has 0 bridgehead atoms. The van der Waals surface area contributed by atoms with Crippen LogP contribution in [-0.4, -0.2) is 67.7 Å². The lowest BCUT2D eigenvalue weighted by molar-refractivity contribution is -0.127. The van der Waals surface area contributed by atoms with Gasteiger partial charge in [0.15, 0.2) is 0 Å². The summed E-state index contributed by atoms with van der Waals surface area (Å²) in [6, 6.07) is 8.34. The van der Waals surface area contributed by atoms with Crippen molar-refractivity contribution in [2.24, 2.45) is 5.92 Å². The van der Waals surface area contributed by atoms with Crippen LogP contribution in [-0.2, 0) is 14.3 Å². The van der Waals surface area contributed by atoms with Gasteiger partial charge in [-0.15, -0.1) is 0 Å². The summed E-state index contributed by atoms with van der Waals surface area (Å²) in [6.45, 7) is 8.05. The Labute approximate surface area is 198 Å². The summed E-state index contributed by atoms with van der Waals surface area (Å²) in [5, 5.41) is 6.29. The highest BCUT2D eigenvalue weighted by atomic mass is 16.5. The Balaban J connectivity index is 1.18. The quantitative estimate of drug-likeness (QED) is 0.686.